The Morgan fingerprint density at radius 2 is 1.63 bits per heavy atom. The summed E-state index contributed by atoms with van der Waals surface area (Å²) in [4.78, 5) is 44.0. The summed E-state index contributed by atoms with van der Waals surface area (Å²) in [6, 6.07) is 7.41. The molecule has 1 aromatic rings. The number of fused-ring (bicyclic) bond motifs is 2. The summed E-state index contributed by atoms with van der Waals surface area (Å²) in [6.07, 6.45) is 2.93. The van der Waals surface area contributed by atoms with Crippen LogP contribution in [0.15, 0.2) is 24.3 Å². The molecule has 4 unspecified atom stereocenters. The zero-order valence-corrected chi connectivity index (χ0v) is 17.2. The van der Waals surface area contributed by atoms with Crippen LogP contribution in [-0.2, 0) is 14.4 Å². The fourth-order valence-corrected chi connectivity index (χ4v) is 6.06. The molecular formula is C23H29N3O4. The summed E-state index contributed by atoms with van der Waals surface area (Å²) < 4.78 is 0. The molecule has 5 fully saturated rings. The summed E-state index contributed by atoms with van der Waals surface area (Å²) in [5.74, 6) is -0.381. The Hall–Kier alpha value is -2.41. The van der Waals surface area contributed by atoms with Crippen molar-refractivity contribution in [1.29, 1.82) is 0 Å². The van der Waals surface area contributed by atoms with Crippen LogP contribution in [0, 0.1) is 23.7 Å². The fourth-order valence-electron chi connectivity index (χ4n) is 6.06. The molecule has 160 valence electrons. The first-order valence-corrected chi connectivity index (χ1v) is 11.2. The molecule has 2 heterocycles. The van der Waals surface area contributed by atoms with Crippen LogP contribution in [0.25, 0.3) is 0 Å². The van der Waals surface area contributed by atoms with Crippen LogP contribution in [0.3, 0.4) is 0 Å². The first-order valence-electron chi connectivity index (χ1n) is 11.2. The van der Waals surface area contributed by atoms with E-state index in [9.17, 15) is 19.5 Å². The van der Waals surface area contributed by atoms with E-state index in [1.54, 1.807) is 6.07 Å². The fraction of sp³-hybridized carbons (Fsp3) is 0.609. The van der Waals surface area contributed by atoms with Crippen molar-refractivity contribution >= 4 is 23.3 Å². The normalized spacial score (nSPS) is 31.5. The van der Waals surface area contributed by atoms with Gasteiger partial charge in [0.2, 0.25) is 11.8 Å². The van der Waals surface area contributed by atoms with Gasteiger partial charge in [-0.25, -0.2) is 0 Å². The molecule has 4 atom stereocenters. The molecular weight excluding hydrogens is 382 g/mol. The number of carbonyl (C=O) groups excluding carboxylic acids is 3. The second kappa shape index (κ2) is 7.69. The molecule has 2 saturated heterocycles. The highest BCUT2D eigenvalue weighted by Crippen LogP contribution is 2.51. The van der Waals surface area contributed by atoms with Crippen molar-refractivity contribution in [3.05, 3.63) is 24.3 Å². The number of carbonyl (C=O) groups is 3. The number of ketones is 1. The first-order chi connectivity index (χ1) is 14.5. The van der Waals surface area contributed by atoms with Crippen molar-refractivity contribution in [1.82, 2.24) is 9.80 Å². The largest absolute Gasteiger partial charge is 0.506 e. The molecule has 2 aliphatic heterocycles. The lowest BCUT2D eigenvalue weighted by Gasteiger charge is -2.41. The molecule has 3 saturated carbocycles. The maximum Gasteiger partial charge on any atom is 0.233 e. The highest BCUT2D eigenvalue weighted by atomic mass is 16.3. The van der Waals surface area contributed by atoms with Crippen LogP contribution in [-0.4, -0.2) is 71.8 Å². The van der Waals surface area contributed by atoms with Gasteiger partial charge in [-0.15, -0.1) is 0 Å². The van der Waals surface area contributed by atoms with Crippen molar-refractivity contribution in [2.75, 3.05) is 44.2 Å². The van der Waals surface area contributed by atoms with Crippen LogP contribution >= 0.6 is 0 Å². The van der Waals surface area contributed by atoms with Gasteiger partial charge in [-0.05, 0) is 43.9 Å². The van der Waals surface area contributed by atoms with Gasteiger partial charge in [-0.3, -0.25) is 24.2 Å². The van der Waals surface area contributed by atoms with E-state index in [0.29, 0.717) is 18.7 Å². The predicted molar refractivity (Wildman–Crippen MR) is 111 cm³/mol. The molecule has 5 aliphatic rings. The number of likely N-dealkylation sites (tertiary alicyclic amines) is 1. The number of phenolic OH excluding ortho intramolecular Hbond substituents is 1. The third-order valence-corrected chi connectivity index (χ3v) is 7.61. The molecule has 0 spiro atoms. The van der Waals surface area contributed by atoms with Crippen LogP contribution in [0.1, 0.15) is 25.7 Å². The maximum absolute atomic E-state index is 12.9. The number of anilines is 1. The SMILES string of the molecule is O=C1CC2CCC1C1C(=O)N(CCCN3CCN(c4ccccc4O)CC3)C(=O)C21. The number of hydrogen-bond donors (Lipinski definition) is 1. The standard InChI is InChI=1S/C23H29N3O4/c27-18-5-2-1-4-17(18)25-12-10-24(11-13-25)8-3-9-26-22(29)20-15-6-7-16(19(28)14-15)21(20)23(26)30/h1-2,4-5,15-16,20-21,27H,3,6-14H2. The minimum Gasteiger partial charge on any atom is -0.506 e. The predicted octanol–water partition coefficient (Wildman–Crippen LogP) is 1.50. The topological polar surface area (TPSA) is 81.2 Å². The number of piperazine rings is 1. The summed E-state index contributed by atoms with van der Waals surface area (Å²) in [7, 11) is 0. The summed E-state index contributed by atoms with van der Waals surface area (Å²) in [6.45, 7) is 4.76. The Labute approximate surface area is 176 Å². The van der Waals surface area contributed by atoms with E-state index in [4.69, 9.17) is 0 Å². The van der Waals surface area contributed by atoms with Crippen molar-refractivity contribution in [3.8, 4) is 5.75 Å². The van der Waals surface area contributed by atoms with Gasteiger partial charge in [0.05, 0.1) is 17.5 Å². The van der Waals surface area contributed by atoms with Gasteiger partial charge >= 0.3 is 0 Å². The Morgan fingerprint density at radius 3 is 2.37 bits per heavy atom. The second-order valence-corrected chi connectivity index (χ2v) is 9.16. The van der Waals surface area contributed by atoms with E-state index in [1.807, 2.05) is 18.2 Å². The second-order valence-electron chi connectivity index (χ2n) is 9.16. The number of aromatic hydroxyl groups is 1. The number of nitrogens with zero attached hydrogens (tertiary/aromatic N) is 3. The van der Waals surface area contributed by atoms with Crippen LogP contribution < -0.4 is 4.90 Å². The molecule has 2 bridgehead atoms. The number of para-hydroxylation sites is 2. The van der Waals surface area contributed by atoms with E-state index < -0.39 is 0 Å². The van der Waals surface area contributed by atoms with Crippen LogP contribution in [0.4, 0.5) is 5.69 Å². The Morgan fingerprint density at radius 1 is 0.900 bits per heavy atom. The third kappa shape index (κ3) is 3.20. The van der Waals surface area contributed by atoms with Gasteiger partial charge in [-0.1, -0.05) is 12.1 Å². The van der Waals surface area contributed by atoms with Crippen LogP contribution in [0.2, 0.25) is 0 Å². The molecule has 0 aromatic heterocycles. The molecule has 2 amide bonds. The molecule has 7 nitrogen and oxygen atoms in total. The number of phenols is 1. The summed E-state index contributed by atoms with van der Waals surface area (Å²) in [5.41, 5.74) is 0.872. The molecule has 0 radical (unpaired) electrons. The monoisotopic (exact) mass is 411 g/mol. The summed E-state index contributed by atoms with van der Waals surface area (Å²) in [5, 5.41) is 10.0. The van der Waals surface area contributed by atoms with E-state index in [0.717, 1.165) is 57.7 Å². The van der Waals surface area contributed by atoms with Crippen LogP contribution in [0.5, 0.6) is 5.75 Å². The quantitative estimate of drug-likeness (QED) is 0.740. The van der Waals surface area contributed by atoms with Crippen molar-refractivity contribution < 1.29 is 19.5 Å². The molecule has 7 heteroatoms. The van der Waals surface area contributed by atoms with Gasteiger partial charge in [0.1, 0.15) is 11.5 Å². The van der Waals surface area contributed by atoms with E-state index in [1.165, 1.54) is 4.90 Å². The molecule has 1 N–H and O–H groups in total. The first kappa shape index (κ1) is 19.5. The van der Waals surface area contributed by atoms with Gasteiger partial charge in [0.25, 0.3) is 0 Å². The molecule has 6 rings (SSSR count). The third-order valence-electron chi connectivity index (χ3n) is 7.61. The number of hydrogen-bond acceptors (Lipinski definition) is 6. The lowest BCUT2D eigenvalue weighted by atomic mass is 9.59. The van der Waals surface area contributed by atoms with Crippen molar-refractivity contribution in [3.63, 3.8) is 0 Å². The van der Waals surface area contributed by atoms with E-state index in [-0.39, 0.29) is 41.3 Å². The number of amides is 2. The zero-order chi connectivity index (χ0) is 20.8. The minimum absolute atomic E-state index is 0.0310. The zero-order valence-electron chi connectivity index (χ0n) is 17.2. The van der Waals surface area contributed by atoms with Crippen molar-refractivity contribution in [2.45, 2.75) is 25.7 Å². The number of rotatable bonds is 5. The van der Waals surface area contributed by atoms with Gasteiger partial charge in [0, 0.05) is 45.1 Å². The Balaban J connectivity index is 1.13. The van der Waals surface area contributed by atoms with E-state index >= 15 is 0 Å². The smallest absolute Gasteiger partial charge is 0.233 e. The maximum atomic E-state index is 12.9. The lowest BCUT2D eigenvalue weighted by molar-refractivity contribution is -0.144. The van der Waals surface area contributed by atoms with E-state index in [2.05, 4.69) is 9.80 Å². The number of Topliss-reactive ketones (excluding diaryl/α,β-unsaturated/α-hetero) is 1. The highest BCUT2D eigenvalue weighted by molar-refractivity contribution is 6.08. The molecule has 30 heavy (non-hydrogen) atoms. The lowest BCUT2D eigenvalue weighted by Crippen LogP contribution is -2.47. The van der Waals surface area contributed by atoms with Gasteiger partial charge in [-0.2, -0.15) is 0 Å². The van der Waals surface area contributed by atoms with Crippen molar-refractivity contribution in [2.24, 2.45) is 23.7 Å². The Kier molecular flexibility index (Phi) is 5.01. The minimum atomic E-state index is -0.375. The van der Waals surface area contributed by atoms with Gasteiger partial charge in [0.15, 0.2) is 0 Å². The Bertz CT molecular complexity index is 864. The molecule has 3 aliphatic carbocycles. The highest BCUT2D eigenvalue weighted by Gasteiger charge is 2.60. The number of imide groups is 1. The number of benzene rings is 1. The summed E-state index contributed by atoms with van der Waals surface area (Å²) >= 11 is 0. The molecule has 1 aromatic carbocycles. The van der Waals surface area contributed by atoms with Gasteiger partial charge < -0.3 is 10.0 Å². The average molecular weight is 412 g/mol. The average Bonchev–Trinajstić information content (AvgIpc) is 3.02.